The van der Waals surface area contributed by atoms with Crippen LogP contribution in [-0.2, 0) is 9.59 Å². The van der Waals surface area contributed by atoms with E-state index < -0.39 is 18.0 Å². The quantitative estimate of drug-likeness (QED) is 0.562. The fourth-order valence-electron chi connectivity index (χ4n) is 1.38. The predicted molar refractivity (Wildman–Crippen MR) is 76.1 cm³/mol. The molecule has 0 saturated heterocycles. The molecule has 0 bridgehead atoms. The number of carbonyl (C=O) groups is 2. The molecule has 2 atom stereocenters. The molecule has 0 saturated carbocycles. The van der Waals surface area contributed by atoms with E-state index in [4.69, 9.17) is 15.9 Å². The predicted octanol–water partition coefficient (Wildman–Crippen LogP) is 2.88. The fraction of sp³-hybridized carbons (Fsp3) is 0.857. The largest absolute Gasteiger partial charge is 0.481 e. The average Bonchev–Trinajstić information content (AvgIpc) is 2.37. The summed E-state index contributed by atoms with van der Waals surface area (Å²) in [5.41, 5.74) is 5.27. The minimum Gasteiger partial charge on any atom is -0.481 e. The zero-order valence-electron chi connectivity index (χ0n) is 12.4. The number of carboxylic acid groups (broad SMARTS) is 2. The molecule has 0 aromatic rings. The summed E-state index contributed by atoms with van der Waals surface area (Å²) in [6.07, 6.45) is 6.70. The van der Waals surface area contributed by atoms with E-state index in [1.54, 1.807) is 0 Å². The van der Waals surface area contributed by atoms with Gasteiger partial charge in [0.25, 0.3) is 0 Å². The third-order valence-electron chi connectivity index (χ3n) is 3.04. The monoisotopic (exact) mass is 275 g/mol. The molecule has 4 N–H and O–H groups in total. The highest BCUT2D eigenvalue weighted by molar-refractivity contribution is 5.73. The second-order valence-electron chi connectivity index (χ2n) is 4.81. The van der Waals surface area contributed by atoms with Crippen LogP contribution in [0.2, 0.25) is 0 Å². The minimum absolute atomic E-state index is 0.0718. The van der Waals surface area contributed by atoms with Crippen LogP contribution >= 0.6 is 0 Å². The number of unbranched alkanes of at least 4 members (excludes halogenated alkanes) is 4. The van der Waals surface area contributed by atoms with Gasteiger partial charge in [-0.15, -0.1) is 0 Å². The first-order valence-electron chi connectivity index (χ1n) is 7.06. The molecule has 0 radical (unpaired) electrons. The number of rotatable bonds is 9. The summed E-state index contributed by atoms with van der Waals surface area (Å²) < 4.78 is 0. The second-order valence-corrected chi connectivity index (χ2v) is 4.81. The molecule has 114 valence electrons. The van der Waals surface area contributed by atoms with Crippen molar-refractivity contribution in [2.24, 2.45) is 11.7 Å². The molecule has 0 amide bonds. The Morgan fingerprint density at radius 1 is 1.05 bits per heavy atom. The maximum atomic E-state index is 10.2. The van der Waals surface area contributed by atoms with Gasteiger partial charge in [0.05, 0.1) is 0 Å². The highest BCUT2D eigenvalue weighted by Crippen LogP contribution is 2.04. The lowest BCUT2D eigenvalue weighted by molar-refractivity contribution is -0.140. The molecule has 0 heterocycles. The van der Waals surface area contributed by atoms with E-state index in [-0.39, 0.29) is 5.92 Å². The van der Waals surface area contributed by atoms with Crippen LogP contribution in [0.4, 0.5) is 0 Å². The van der Waals surface area contributed by atoms with Gasteiger partial charge in [-0.3, -0.25) is 9.59 Å². The third kappa shape index (κ3) is 14.8. The van der Waals surface area contributed by atoms with Crippen LogP contribution in [0.5, 0.6) is 0 Å². The van der Waals surface area contributed by atoms with E-state index in [1.807, 2.05) is 13.8 Å². The SMILES string of the molecule is CCCCCCCC(=O)O.CC[C@H](C)[C@H](N)C(=O)O. The molecule has 0 aromatic heterocycles. The van der Waals surface area contributed by atoms with Gasteiger partial charge < -0.3 is 15.9 Å². The van der Waals surface area contributed by atoms with Crippen LogP contribution in [0.15, 0.2) is 0 Å². The molecule has 0 unspecified atom stereocenters. The van der Waals surface area contributed by atoms with Gasteiger partial charge in [0.1, 0.15) is 6.04 Å². The van der Waals surface area contributed by atoms with Crippen LogP contribution in [0, 0.1) is 5.92 Å². The summed E-state index contributed by atoms with van der Waals surface area (Å²) >= 11 is 0. The summed E-state index contributed by atoms with van der Waals surface area (Å²) in [5.74, 6) is -1.51. The topological polar surface area (TPSA) is 101 Å². The number of hydrogen-bond donors (Lipinski definition) is 3. The van der Waals surface area contributed by atoms with E-state index in [1.165, 1.54) is 19.3 Å². The van der Waals surface area contributed by atoms with E-state index in [9.17, 15) is 9.59 Å². The maximum absolute atomic E-state index is 10.2. The summed E-state index contributed by atoms with van der Waals surface area (Å²) in [7, 11) is 0. The first-order valence-corrected chi connectivity index (χ1v) is 7.06. The Kier molecular flexibility index (Phi) is 14.2. The molecule has 5 heteroatoms. The van der Waals surface area contributed by atoms with Crippen molar-refractivity contribution >= 4 is 11.9 Å². The Balaban J connectivity index is 0. The van der Waals surface area contributed by atoms with Crippen molar-refractivity contribution in [1.82, 2.24) is 0 Å². The van der Waals surface area contributed by atoms with E-state index in [0.29, 0.717) is 6.42 Å². The highest BCUT2D eigenvalue weighted by atomic mass is 16.4. The Bertz CT molecular complexity index is 244. The Labute approximate surface area is 116 Å². The first-order chi connectivity index (χ1) is 8.86. The van der Waals surface area contributed by atoms with E-state index >= 15 is 0 Å². The van der Waals surface area contributed by atoms with Gasteiger partial charge in [0, 0.05) is 6.42 Å². The third-order valence-corrected chi connectivity index (χ3v) is 3.04. The van der Waals surface area contributed by atoms with Crippen molar-refractivity contribution in [3.63, 3.8) is 0 Å². The normalized spacial score (nSPS) is 13.1. The molecule has 0 spiro atoms. The lowest BCUT2D eigenvalue weighted by Crippen LogP contribution is -2.36. The molecule has 19 heavy (non-hydrogen) atoms. The number of nitrogens with two attached hydrogens (primary N) is 1. The van der Waals surface area contributed by atoms with Crippen LogP contribution in [-0.4, -0.2) is 28.2 Å². The molecule has 0 aliphatic heterocycles. The van der Waals surface area contributed by atoms with Crippen molar-refractivity contribution < 1.29 is 19.8 Å². The number of aliphatic carboxylic acids is 2. The van der Waals surface area contributed by atoms with Crippen molar-refractivity contribution in [3.05, 3.63) is 0 Å². The zero-order valence-corrected chi connectivity index (χ0v) is 12.4. The molecule has 0 aliphatic carbocycles. The highest BCUT2D eigenvalue weighted by Gasteiger charge is 2.17. The van der Waals surface area contributed by atoms with Crippen LogP contribution < -0.4 is 5.73 Å². The lowest BCUT2D eigenvalue weighted by atomic mass is 10.0. The summed E-state index contributed by atoms with van der Waals surface area (Å²) in [4.78, 5) is 20.2. The Morgan fingerprint density at radius 2 is 1.58 bits per heavy atom. The van der Waals surface area contributed by atoms with Crippen molar-refractivity contribution in [1.29, 1.82) is 0 Å². The fourth-order valence-corrected chi connectivity index (χ4v) is 1.38. The van der Waals surface area contributed by atoms with Gasteiger partial charge in [0.2, 0.25) is 0 Å². The van der Waals surface area contributed by atoms with Gasteiger partial charge in [0.15, 0.2) is 0 Å². The Hall–Kier alpha value is -1.10. The minimum atomic E-state index is -0.913. The smallest absolute Gasteiger partial charge is 0.320 e. The van der Waals surface area contributed by atoms with Gasteiger partial charge in [-0.1, -0.05) is 52.9 Å². The van der Waals surface area contributed by atoms with Gasteiger partial charge in [-0.25, -0.2) is 0 Å². The summed E-state index contributed by atoms with van der Waals surface area (Å²) in [5, 5.41) is 16.6. The molecule has 0 rings (SSSR count). The molecule has 0 fully saturated rings. The van der Waals surface area contributed by atoms with Gasteiger partial charge in [-0.05, 0) is 12.3 Å². The molecule has 5 nitrogen and oxygen atoms in total. The second kappa shape index (κ2) is 13.3. The van der Waals surface area contributed by atoms with Crippen LogP contribution in [0.25, 0.3) is 0 Å². The summed E-state index contributed by atoms with van der Waals surface area (Å²) in [6.45, 7) is 5.91. The van der Waals surface area contributed by atoms with Crippen molar-refractivity contribution in [2.45, 2.75) is 71.8 Å². The van der Waals surface area contributed by atoms with Crippen molar-refractivity contribution in [3.8, 4) is 0 Å². The maximum Gasteiger partial charge on any atom is 0.320 e. The Morgan fingerprint density at radius 3 is 1.89 bits per heavy atom. The van der Waals surface area contributed by atoms with Gasteiger partial charge in [-0.2, -0.15) is 0 Å². The molecule has 0 aromatic carbocycles. The van der Waals surface area contributed by atoms with Crippen LogP contribution in [0.1, 0.15) is 65.7 Å². The lowest BCUT2D eigenvalue weighted by Gasteiger charge is -2.11. The van der Waals surface area contributed by atoms with E-state index in [2.05, 4.69) is 6.92 Å². The zero-order chi connectivity index (χ0) is 15.3. The summed E-state index contributed by atoms with van der Waals surface area (Å²) in [6, 6.07) is -0.699. The van der Waals surface area contributed by atoms with Crippen LogP contribution in [0.3, 0.4) is 0 Å². The average molecular weight is 275 g/mol. The number of carboxylic acids is 2. The van der Waals surface area contributed by atoms with Crippen molar-refractivity contribution in [2.75, 3.05) is 0 Å². The van der Waals surface area contributed by atoms with Gasteiger partial charge >= 0.3 is 11.9 Å². The number of hydrogen-bond acceptors (Lipinski definition) is 3. The molecular weight excluding hydrogens is 246 g/mol. The molecular formula is C14H29NO4. The van der Waals surface area contributed by atoms with E-state index in [0.717, 1.165) is 19.3 Å². The first kappa shape index (κ1) is 20.2. The standard InChI is InChI=1S/C8H16O2.C6H13NO2/c1-2-3-4-5-6-7-8(9)10;1-3-4(2)5(7)6(8)9/h2-7H2,1H3,(H,9,10);4-5H,3,7H2,1-2H3,(H,8,9)/t;4-,5-/m.0/s1. The molecule has 0 aliphatic rings.